The number of anilines is 1. The fourth-order valence-corrected chi connectivity index (χ4v) is 3.44. The molecule has 0 aliphatic carbocycles. The first kappa shape index (κ1) is 16.4. The van der Waals surface area contributed by atoms with Crippen molar-refractivity contribution < 1.29 is 13.5 Å². The van der Waals surface area contributed by atoms with E-state index >= 15 is 0 Å². The summed E-state index contributed by atoms with van der Waals surface area (Å²) in [5.74, 6) is 0. The van der Waals surface area contributed by atoms with Crippen molar-refractivity contribution in [3.05, 3.63) is 23.8 Å². The Hall–Kier alpha value is -1.62. The molecule has 1 atom stereocenters. The Kier molecular flexibility index (Phi) is 5.11. The number of aliphatic hydroxyl groups is 1. The van der Waals surface area contributed by atoms with E-state index in [1.165, 1.54) is 18.2 Å². The highest BCUT2D eigenvalue weighted by Gasteiger charge is 2.30. The van der Waals surface area contributed by atoms with Crippen molar-refractivity contribution in [1.82, 2.24) is 4.72 Å². The molecule has 110 valence electrons. The van der Waals surface area contributed by atoms with Crippen LogP contribution in [0.15, 0.2) is 23.1 Å². The topological polar surface area (TPSA) is 116 Å². The van der Waals surface area contributed by atoms with Gasteiger partial charge in [0.2, 0.25) is 10.0 Å². The third-order valence-electron chi connectivity index (χ3n) is 3.24. The van der Waals surface area contributed by atoms with Crippen molar-refractivity contribution in [2.75, 3.05) is 12.3 Å². The van der Waals surface area contributed by atoms with Crippen LogP contribution in [-0.4, -0.2) is 25.7 Å². The van der Waals surface area contributed by atoms with E-state index in [4.69, 9.17) is 16.1 Å². The Morgan fingerprint density at radius 3 is 2.65 bits per heavy atom. The average molecular weight is 297 g/mol. The minimum atomic E-state index is -3.85. The van der Waals surface area contributed by atoms with E-state index < -0.39 is 15.6 Å². The van der Waals surface area contributed by atoms with Gasteiger partial charge in [-0.15, -0.1) is 0 Å². The van der Waals surface area contributed by atoms with Crippen LogP contribution in [0.5, 0.6) is 0 Å². The van der Waals surface area contributed by atoms with Gasteiger partial charge in [-0.2, -0.15) is 5.26 Å². The normalized spacial score (nSPS) is 14.5. The van der Waals surface area contributed by atoms with Gasteiger partial charge >= 0.3 is 0 Å². The molecular weight excluding hydrogens is 278 g/mol. The molecule has 20 heavy (non-hydrogen) atoms. The lowest BCUT2D eigenvalue weighted by Gasteiger charge is -2.28. The quantitative estimate of drug-likeness (QED) is 0.676. The van der Waals surface area contributed by atoms with Crippen LogP contribution in [0.1, 0.15) is 32.3 Å². The van der Waals surface area contributed by atoms with Gasteiger partial charge in [-0.3, -0.25) is 0 Å². The van der Waals surface area contributed by atoms with E-state index in [0.717, 1.165) is 0 Å². The lowest BCUT2D eigenvalue weighted by Crippen LogP contribution is -2.46. The van der Waals surface area contributed by atoms with Crippen molar-refractivity contribution in [3.8, 4) is 6.07 Å². The van der Waals surface area contributed by atoms with E-state index in [1.54, 1.807) is 6.92 Å². The lowest BCUT2D eigenvalue weighted by atomic mass is 9.97. The van der Waals surface area contributed by atoms with Crippen LogP contribution in [0, 0.1) is 11.3 Å². The van der Waals surface area contributed by atoms with E-state index in [0.29, 0.717) is 18.5 Å². The molecule has 0 aromatic heterocycles. The number of nitrogens with one attached hydrogen (secondary N) is 1. The Balaban J connectivity index is 3.21. The van der Waals surface area contributed by atoms with Gasteiger partial charge in [0.1, 0.15) is 6.07 Å². The first-order valence-electron chi connectivity index (χ1n) is 6.22. The second-order valence-corrected chi connectivity index (χ2v) is 6.51. The SMILES string of the molecule is CCC(C)(CCO)NS(=O)(=O)c1ccc(N)cc1C#N. The molecule has 0 aliphatic heterocycles. The van der Waals surface area contributed by atoms with Crippen molar-refractivity contribution in [3.63, 3.8) is 0 Å². The highest BCUT2D eigenvalue weighted by atomic mass is 32.2. The summed E-state index contributed by atoms with van der Waals surface area (Å²) in [5.41, 5.74) is 5.11. The predicted octanol–water partition coefficient (Wildman–Crippen LogP) is 0.970. The molecule has 0 heterocycles. The molecule has 1 rings (SSSR count). The van der Waals surface area contributed by atoms with Crippen molar-refractivity contribution in [2.24, 2.45) is 0 Å². The summed E-state index contributed by atoms with van der Waals surface area (Å²) >= 11 is 0. The van der Waals surface area contributed by atoms with Gasteiger partial charge in [-0.1, -0.05) is 6.92 Å². The summed E-state index contributed by atoms with van der Waals surface area (Å²) in [6.07, 6.45) is 0.809. The number of nitrogens with zero attached hydrogens (tertiary/aromatic N) is 1. The van der Waals surface area contributed by atoms with Crippen LogP contribution in [-0.2, 0) is 10.0 Å². The lowest BCUT2D eigenvalue weighted by molar-refractivity contribution is 0.233. The van der Waals surface area contributed by atoms with Gasteiger partial charge in [0.15, 0.2) is 0 Å². The van der Waals surface area contributed by atoms with Crippen LogP contribution < -0.4 is 10.5 Å². The van der Waals surface area contributed by atoms with Crippen molar-refractivity contribution >= 4 is 15.7 Å². The van der Waals surface area contributed by atoms with Crippen molar-refractivity contribution in [1.29, 1.82) is 5.26 Å². The predicted molar refractivity (Wildman–Crippen MR) is 76.3 cm³/mol. The molecule has 6 nitrogen and oxygen atoms in total. The molecule has 0 spiro atoms. The molecule has 1 aromatic rings. The van der Waals surface area contributed by atoms with Crippen LogP contribution in [0.3, 0.4) is 0 Å². The van der Waals surface area contributed by atoms with Gasteiger partial charge in [0.25, 0.3) is 0 Å². The summed E-state index contributed by atoms with van der Waals surface area (Å²) in [6, 6.07) is 5.90. The molecule has 0 amide bonds. The number of hydrogen-bond acceptors (Lipinski definition) is 5. The molecule has 0 saturated carbocycles. The molecule has 0 bridgehead atoms. The zero-order chi connectivity index (χ0) is 15.4. The molecule has 4 N–H and O–H groups in total. The fourth-order valence-electron chi connectivity index (χ4n) is 1.80. The van der Waals surface area contributed by atoms with Gasteiger partial charge in [-0.25, -0.2) is 13.1 Å². The maximum absolute atomic E-state index is 12.4. The Morgan fingerprint density at radius 2 is 2.15 bits per heavy atom. The highest BCUT2D eigenvalue weighted by molar-refractivity contribution is 7.89. The second kappa shape index (κ2) is 6.22. The van der Waals surface area contributed by atoms with E-state index in [9.17, 15) is 8.42 Å². The third-order valence-corrected chi connectivity index (χ3v) is 4.93. The molecule has 1 aromatic carbocycles. The van der Waals surface area contributed by atoms with E-state index in [1.807, 2.05) is 13.0 Å². The standard InChI is InChI=1S/C13H19N3O3S/c1-3-13(2,6-7-17)16-20(18,19)12-5-4-11(15)8-10(12)9-14/h4-5,8,16-17H,3,6-7,15H2,1-2H3. The zero-order valence-corrected chi connectivity index (χ0v) is 12.4. The van der Waals surface area contributed by atoms with Crippen LogP contribution in [0.2, 0.25) is 0 Å². The zero-order valence-electron chi connectivity index (χ0n) is 11.5. The number of sulfonamides is 1. The maximum Gasteiger partial charge on any atom is 0.242 e. The summed E-state index contributed by atoms with van der Waals surface area (Å²) in [6.45, 7) is 3.41. The summed E-state index contributed by atoms with van der Waals surface area (Å²) in [4.78, 5) is -0.105. The monoisotopic (exact) mass is 297 g/mol. The van der Waals surface area contributed by atoms with Crippen molar-refractivity contribution in [2.45, 2.75) is 37.1 Å². The molecule has 0 aliphatic rings. The average Bonchev–Trinajstić information content (AvgIpc) is 2.37. The smallest absolute Gasteiger partial charge is 0.242 e. The number of nitrogen functional groups attached to an aromatic ring is 1. The molecule has 1 unspecified atom stereocenters. The third kappa shape index (κ3) is 3.70. The summed E-state index contributed by atoms with van der Waals surface area (Å²) < 4.78 is 27.3. The van der Waals surface area contributed by atoms with Gasteiger partial charge in [-0.05, 0) is 38.0 Å². The van der Waals surface area contributed by atoms with Gasteiger partial charge < -0.3 is 10.8 Å². The first-order valence-corrected chi connectivity index (χ1v) is 7.71. The fraction of sp³-hybridized carbons (Fsp3) is 0.462. The molecule has 7 heteroatoms. The molecule has 0 radical (unpaired) electrons. The Labute approximate surface area is 119 Å². The number of rotatable bonds is 6. The number of nitrogens with two attached hydrogens (primary N) is 1. The van der Waals surface area contributed by atoms with E-state index in [-0.39, 0.29) is 17.1 Å². The number of nitriles is 1. The highest BCUT2D eigenvalue weighted by Crippen LogP contribution is 2.22. The Morgan fingerprint density at radius 1 is 1.50 bits per heavy atom. The number of hydrogen-bond donors (Lipinski definition) is 3. The minimum Gasteiger partial charge on any atom is -0.399 e. The first-order chi connectivity index (χ1) is 9.28. The number of benzene rings is 1. The van der Waals surface area contributed by atoms with Gasteiger partial charge in [0.05, 0.1) is 10.5 Å². The second-order valence-electron chi connectivity index (χ2n) is 4.86. The Bertz CT molecular complexity index is 622. The molecule has 0 fully saturated rings. The maximum atomic E-state index is 12.4. The van der Waals surface area contributed by atoms with Crippen LogP contribution in [0.25, 0.3) is 0 Å². The van der Waals surface area contributed by atoms with Gasteiger partial charge in [0, 0.05) is 17.8 Å². The largest absolute Gasteiger partial charge is 0.399 e. The number of aliphatic hydroxyl groups excluding tert-OH is 1. The minimum absolute atomic E-state index is 0.0000449. The molecule has 0 saturated heterocycles. The summed E-state index contributed by atoms with van der Waals surface area (Å²) in [5, 5.41) is 18.1. The summed E-state index contributed by atoms with van der Waals surface area (Å²) in [7, 11) is -3.85. The van der Waals surface area contributed by atoms with E-state index in [2.05, 4.69) is 4.72 Å². The van der Waals surface area contributed by atoms with Crippen LogP contribution >= 0.6 is 0 Å². The molecular formula is C13H19N3O3S. The van der Waals surface area contributed by atoms with Crippen LogP contribution in [0.4, 0.5) is 5.69 Å².